The van der Waals surface area contributed by atoms with Crippen LogP contribution >= 0.6 is 22.9 Å². The molecule has 0 bridgehead atoms. The van der Waals surface area contributed by atoms with Crippen LogP contribution in [0.15, 0.2) is 84.2 Å². The van der Waals surface area contributed by atoms with Gasteiger partial charge in [0.1, 0.15) is 17.4 Å². The maximum absolute atomic E-state index is 12.5. The Morgan fingerprint density at radius 3 is 2.29 bits per heavy atom. The zero-order valence-corrected chi connectivity index (χ0v) is 19.5. The number of urea groups is 1. The van der Waals surface area contributed by atoms with Crippen molar-refractivity contribution in [3.8, 4) is 5.75 Å². The topological polar surface area (TPSA) is 92.3 Å². The number of thiazole rings is 1. The number of ether oxygens (including phenoxy) is 1. The second-order valence-electron chi connectivity index (χ2n) is 7.23. The summed E-state index contributed by atoms with van der Waals surface area (Å²) < 4.78 is 5.69. The van der Waals surface area contributed by atoms with E-state index in [2.05, 4.69) is 20.9 Å². The Bertz CT molecular complexity index is 1260. The van der Waals surface area contributed by atoms with Crippen LogP contribution in [0, 0.1) is 0 Å². The predicted octanol–water partition coefficient (Wildman–Crippen LogP) is 6.20. The van der Waals surface area contributed by atoms with Gasteiger partial charge in [0.2, 0.25) is 5.91 Å². The third-order valence-corrected chi connectivity index (χ3v) is 5.68. The minimum absolute atomic E-state index is 0.129. The SMILES string of the molecule is O=C(Cc1csc(COc2ccc(Cl)cc2)n1)Nc1cccc(NC(=O)Nc2ccccc2)c1. The van der Waals surface area contributed by atoms with Gasteiger partial charge in [0.05, 0.1) is 12.1 Å². The smallest absolute Gasteiger partial charge is 0.323 e. The van der Waals surface area contributed by atoms with Gasteiger partial charge < -0.3 is 20.7 Å². The second kappa shape index (κ2) is 11.3. The molecule has 7 nitrogen and oxygen atoms in total. The van der Waals surface area contributed by atoms with Gasteiger partial charge in [-0.2, -0.15) is 0 Å². The standard InChI is InChI=1S/C25H21ClN4O3S/c26-17-9-11-22(12-10-17)33-15-24-28-21(16-34-24)14-23(31)27-19-7-4-8-20(13-19)30-25(32)29-18-5-2-1-3-6-18/h1-13,16H,14-15H2,(H,27,31)(H2,29,30,32). The van der Waals surface area contributed by atoms with Crippen molar-refractivity contribution in [2.24, 2.45) is 0 Å². The number of rotatable bonds is 8. The molecule has 9 heteroatoms. The molecular weight excluding hydrogens is 472 g/mol. The van der Waals surface area contributed by atoms with Crippen molar-refractivity contribution in [2.45, 2.75) is 13.0 Å². The summed E-state index contributed by atoms with van der Waals surface area (Å²) in [4.78, 5) is 29.1. The van der Waals surface area contributed by atoms with Gasteiger partial charge in [-0.05, 0) is 54.6 Å². The molecule has 0 aliphatic heterocycles. The van der Waals surface area contributed by atoms with Crippen molar-refractivity contribution in [1.82, 2.24) is 4.98 Å². The van der Waals surface area contributed by atoms with Gasteiger partial charge in [-0.15, -0.1) is 11.3 Å². The molecule has 4 aromatic rings. The molecule has 0 aliphatic rings. The minimum atomic E-state index is -0.370. The molecule has 3 aromatic carbocycles. The molecule has 0 atom stereocenters. The first-order chi connectivity index (χ1) is 16.5. The van der Waals surface area contributed by atoms with Gasteiger partial charge >= 0.3 is 6.03 Å². The first-order valence-electron chi connectivity index (χ1n) is 10.4. The zero-order valence-electron chi connectivity index (χ0n) is 18.0. The summed E-state index contributed by atoms with van der Waals surface area (Å²) in [6.07, 6.45) is 0.129. The lowest BCUT2D eigenvalue weighted by molar-refractivity contribution is -0.115. The molecule has 0 aliphatic carbocycles. The summed E-state index contributed by atoms with van der Waals surface area (Å²) in [7, 11) is 0. The van der Waals surface area contributed by atoms with Gasteiger partial charge in [-0.3, -0.25) is 4.79 Å². The first-order valence-corrected chi connectivity index (χ1v) is 11.6. The van der Waals surface area contributed by atoms with Crippen LogP contribution in [0.25, 0.3) is 0 Å². The van der Waals surface area contributed by atoms with Gasteiger partial charge in [-0.25, -0.2) is 9.78 Å². The van der Waals surface area contributed by atoms with Crippen LogP contribution in [0.4, 0.5) is 21.9 Å². The predicted molar refractivity (Wildman–Crippen MR) is 136 cm³/mol. The summed E-state index contributed by atoms with van der Waals surface area (Å²) in [5.41, 5.74) is 2.48. The van der Waals surface area contributed by atoms with E-state index in [0.29, 0.717) is 40.1 Å². The fraction of sp³-hybridized carbons (Fsp3) is 0.0800. The van der Waals surface area contributed by atoms with Gasteiger partial charge in [0.25, 0.3) is 0 Å². The Kier molecular flexibility index (Phi) is 7.75. The van der Waals surface area contributed by atoms with Crippen LogP contribution in [0.2, 0.25) is 5.02 Å². The number of carbonyl (C=O) groups excluding carboxylic acids is 2. The molecule has 3 amide bonds. The number of amides is 3. The number of para-hydroxylation sites is 1. The quantitative estimate of drug-likeness (QED) is 0.273. The van der Waals surface area contributed by atoms with Crippen molar-refractivity contribution in [3.05, 3.63) is 100.0 Å². The third-order valence-electron chi connectivity index (χ3n) is 4.55. The Hall–Kier alpha value is -3.88. The van der Waals surface area contributed by atoms with Crippen molar-refractivity contribution in [3.63, 3.8) is 0 Å². The number of halogens is 1. The molecule has 3 N–H and O–H groups in total. The number of anilines is 3. The fourth-order valence-electron chi connectivity index (χ4n) is 3.03. The van der Waals surface area contributed by atoms with Crippen LogP contribution in [0.3, 0.4) is 0 Å². The number of aromatic nitrogens is 1. The number of hydrogen-bond acceptors (Lipinski definition) is 5. The van der Waals surface area contributed by atoms with E-state index in [9.17, 15) is 9.59 Å². The number of hydrogen-bond donors (Lipinski definition) is 3. The van der Waals surface area contributed by atoms with Gasteiger partial charge in [0.15, 0.2) is 0 Å². The normalized spacial score (nSPS) is 10.4. The van der Waals surface area contributed by atoms with Gasteiger partial charge in [0, 0.05) is 27.5 Å². The van der Waals surface area contributed by atoms with E-state index in [1.54, 1.807) is 60.7 Å². The number of benzene rings is 3. The molecular formula is C25H21ClN4O3S. The average molecular weight is 493 g/mol. The molecule has 0 radical (unpaired) electrons. The lowest BCUT2D eigenvalue weighted by Crippen LogP contribution is -2.19. The first kappa shape index (κ1) is 23.3. The highest BCUT2D eigenvalue weighted by Gasteiger charge is 2.10. The summed E-state index contributed by atoms with van der Waals surface area (Å²) >= 11 is 7.31. The molecule has 172 valence electrons. The van der Waals surface area contributed by atoms with Crippen molar-refractivity contribution < 1.29 is 14.3 Å². The summed E-state index contributed by atoms with van der Waals surface area (Å²) in [6.45, 7) is 0.312. The molecule has 0 fully saturated rings. The highest BCUT2D eigenvalue weighted by molar-refractivity contribution is 7.09. The van der Waals surface area contributed by atoms with E-state index in [1.807, 2.05) is 23.6 Å². The Balaban J connectivity index is 1.27. The van der Waals surface area contributed by atoms with E-state index in [4.69, 9.17) is 16.3 Å². The van der Waals surface area contributed by atoms with Crippen molar-refractivity contribution >= 4 is 51.9 Å². The van der Waals surface area contributed by atoms with E-state index >= 15 is 0 Å². The second-order valence-corrected chi connectivity index (χ2v) is 8.61. The average Bonchev–Trinajstić information content (AvgIpc) is 3.26. The fourth-order valence-corrected chi connectivity index (χ4v) is 3.86. The molecule has 0 saturated heterocycles. The van der Waals surface area contributed by atoms with Crippen LogP contribution in [-0.2, 0) is 17.8 Å². The zero-order chi connectivity index (χ0) is 23.8. The summed E-state index contributed by atoms with van der Waals surface area (Å²) in [5.74, 6) is 0.492. The van der Waals surface area contributed by atoms with E-state index in [-0.39, 0.29) is 18.4 Å². The van der Waals surface area contributed by atoms with Crippen molar-refractivity contribution in [1.29, 1.82) is 0 Å². The Morgan fingerprint density at radius 2 is 1.53 bits per heavy atom. The molecule has 1 aromatic heterocycles. The Morgan fingerprint density at radius 1 is 0.853 bits per heavy atom. The largest absolute Gasteiger partial charge is 0.486 e. The van der Waals surface area contributed by atoms with Crippen molar-refractivity contribution in [2.75, 3.05) is 16.0 Å². The molecule has 1 heterocycles. The lowest BCUT2D eigenvalue weighted by atomic mass is 10.2. The van der Waals surface area contributed by atoms with E-state index < -0.39 is 0 Å². The molecule has 0 saturated carbocycles. The molecule has 0 spiro atoms. The van der Waals surface area contributed by atoms with Gasteiger partial charge in [-0.1, -0.05) is 35.9 Å². The lowest BCUT2D eigenvalue weighted by Gasteiger charge is -2.10. The highest BCUT2D eigenvalue weighted by atomic mass is 35.5. The van der Waals surface area contributed by atoms with E-state index in [1.165, 1.54) is 11.3 Å². The van der Waals surface area contributed by atoms with E-state index in [0.717, 1.165) is 5.01 Å². The number of carbonyl (C=O) groups is 2. The Labute approximate surface area is 205 Å². The molecule has 34 heavy (non-hydrogen) atoms. The van der Waals surface area contributed by atoms with Crippen LogP contribution < -0.4 is 20.7 Å². The summed E-state index contributed by atoms with van der Waals surface area (Å²) in [5, 5.41) is 11.6. The third kappa shape index (κ3) is 7.06. The number of nitrogens with one attached hydrogen (secondary N) is 3. The van der Waals surface area contributed by atoms with Crippen LogP contribution in [0.5, 0.6) is 5.75 Å². The highest BCUT2D eigenvalue weighted by Crippen LogP contribution is 2.19. The number of nitrogens with zero attached hydrogens (tertiary/aromatic N) is 1. The van der Waals surface area contributed by atoms with Crippen LogP contribution in [0.1, 0.15) is 10.7 Å². The molecule has 4 rings (SSSR count). The summed E-state index contributed by atoms with van der Waals surface area (Å²) in [6, 6.07) is 22.8. The minimum Gasteiger partial charge on any atom is -0.486 e. The molecule has 0 unspecified atom stereocenters. The monoisotopic (exact) mass is 492 g/mol. The maximum atomic E-state index is 12.5. The van der Waals surface area contributed by atoms with Crippen LogP contribution in [-0.4, -0.2) is 16.9 Å². The maximum Gasteiger partial charge on any atom is 0.323 e.